The van der Waals surface area contributed by atoms with Crippen molar-refractivity contribution in [3.8, 4) is 11.5 Å². The van der Waals surface area contributed by atoms with Gasteiger partial charge in [0, 0.05) is 12.6 Å². The van der Waals surface area contributed by atoms with Crippen LogP contribution in [0.25, 0.3) is 0 Å². The molecule has 0 saturated heterocycles. The molecule has 1 aliphatic carbocycles. The number of methoxy groups -OCH3 is 1. The first kappa shape index (κ1) is 19.0. The number of nitrogens with one attached hydrogen (secondary N) is 2. The Bertz CT molecular complexity index is 710. The quantitative estimate of drug-likeness (QED) is 0.695. The summed E-state index contributed by atoms with van der Waals surface area (Å²) in [5, 5.41) is 6.32. The largest absolute Gasteiger partial charge is 0.497 e. The molecule has 1 aromatic carbocycles. The summed E-state index contributed by atoms with van der Waals surface area (Å²) in [7, 11) is 1.64. The molecule has 1 aliphatic rings. The third-order valence-electron chi connectivity index (χ3n) is 4.70. The van der Waals surface area contributed by atoms with Gasteiger partial charge in [0.1, 0.15) is 23.8 Å². The van der Waals surface area contributed by atoms with E-state index in [1.807, 2.05) is 30.3 Å². The number of benzene rings is 1. The minimum atomic E-state index is -0.0868. The Morgan fingerprint density at radius 1 is 1.07 bits per heavy atom. The standard InChI is InChI=1S/C21H27N3O3/c1-26-18-8-10-19(11-9-18)27-14-13-22-17-7-12-20(23-15-17)21(25)24-16-5-3-2-4-6-16/h7-12,15-16,22H,2-6,13-14H2,1H3,(H,24,25). The molecule has 0 atom stereocenters. The maximum Gasteiger partial charge on any atom is 0.270 e. The van der Waals surface area contributed by atoms with Crippen molar-refractivity contribution in [2.75, 3.05) is 25.6 Å². The summed E-state index contributed by atoms with van der Waals surface area (Å²) in [5.74, 6) is 1.51. The van der Waals surface area contributed by atoms with E-state index >= 15 is 0 Å². The fraction of sp³-hybridized carbons (Fsp3) is 0.429. The van der Waals surface area contributed by atoms with E-state index in [1.54, 1.807) is 19.4 Å². The number of ether oxygens (including phenoxy) is 2. The molecule has 3 rings (SSSR count). The molecular formula is C21H27N3O3. The number of carbonyl (C=O) groups is 1. The van der Waals surface area contributed by atoms with Crippen molar-refractivity contribution in [2.45, 2.75) is 38.1 Å². The molecule has 1 fully saturated rings. The van der Waals surface area contributed by atoms with Gasteiger partial charge in [-0.05, 0) is 49.2 Å². The van der Waals surface area contributed by atoms with E-state index in [2.05, 4.69) is 15.6 Å². The number of amides is 1. The predicted octanol–water partition coefficient (Wildman–Crippen LogP) is 3.64. The van der Waals surface area contributed by atoms with Crippen LogP contribution in [-0.2, 0) is 0 Å². The minimum absolute atomic E-state index is 0.0868. The van der Waals surface area contributed by atoms with E-state index in [4.69, 9.17) is 9.47 Å². The summed E-state index contributed by atoms with van der Waals surface area (Å²) in [4.78, 5) is 16.5. The number of hydrogen-bond donors (Lipinski definition) is 2. The Hall–Kier alpha value is -2.76. The van der Waals surface area contributed by atoms with Gasteiger partial charge >= 0.3 is 0 Å². The maximum atomic E-state index is 12.3. The molecular weight excluding hydrogens is 342 g/mol. The molecule has 6 heteroatoms. The van der Waals surface area contributed by atoms with Gasteiger partial charge in [-0.3, -0.25) is 4.79 Å². The SMILES string of the molecule is COc1ccc(OCCNc2ccc(C(=O)NC3CCCCC3)nc2)cc1. The molecule has 6 nitrogen and oxygen atoms in total. The Kier molecular flexibility index (Phi) is 6.90. The van der Waals surface area contributed by atoms with Gasteiger partial charge in [0.25, 0.3) is 5.91 Å². The molecule has 0 unspecified atom stereocenters. The van der Waals surface area contributed by atoms with E-state index in [0.29, 0.717) is 24.9 Å². The average Bonchev–Trinajstić information content (AvgIpc) is 2.73. The third kappa shape index (κ3) is 5.88. The van der Waals surface area contributed by atoms with Gasteiger partial charge in [0.15, 0.2) is 0 Å². The number of pyridine rings is 1. The van der Waals surface area contributed by atoms with Crippen LogP contribution >= 0.6 is 0 Å². The zero-order chi connectivity index (χ0) is 18.9. The summed E-state index contributed by atoms with van der Waals surface area (Å²) < 4.78 is 10.8. The van der Waals surface area contributed by atoms with Crippen molar-refractivity contribution in [3.05, 3.63) is 48.3 Å². The molecule has 0 aliphatic heterocycles. The number of nitrogens with zero attached hydrogens (tertiary/aromatic N) is 1. The van der Waals surface area contributed by atoms with Crippen molar-refractivity contribution in [1.29, 1.82) is 0 Å². The smallest absolute Gasteiger partial charge is 0.270 e. The van der Waals surface area contributed by atoms with Crippen LogP contribution in [-0.4, -0.2) is 37.2 Å². The second-order valence-electron chi connectivity index (χ2n) is 6.69. The van der Waals surface area contributed by atoms with E-state index < -0.39 is 0 Å². The van der Waals surface area contributed by atoms with E-state index in [1.165, 1.54) is 19.3 Å². The fourth-order valence-electron chi connectivity index (χ4n) is 3.18. The Morgan fingerprint density at radius 3 is 2.48 bits per heavy atom. The van der Waals surface area contributed by atoms with Gasteiger partial charge in [-0.2, -0.15) is 0 Å². The molecule has 1 aromatic heterocycles. The highest BCUT2D eigenvalue weighted by Crippen LogP contribution is 2.18. The van der Waals surface area contributed by atoms with Crippen molar-refractivity contribution in [1.82, 2.24) is 10.3 Å². The minimum Gasteiger partial charge on any atom is -0.497 e. The lowest BCUT2D eigenvalue weighted by atomic mass is 9.95. The summed E-state index contributed by atoms with van der Waals surface area (Å²) in [6.07, 6.45) is 7.48. The van der Waals surface area contributed by atoms with Gasteiger partial charge in [0.2, 0.25) is 0 Å². The summed E-state index contributed by atoms with van der Waals surface area (Å²) >= 11 is 0. The van der Waals surface area contributed by atoms with Crippen LogP contribution in [0.15, 0.2) is 42.6 Å². The van der Waals surface area contributed by atoms with Crippen LogP contribution in [0.1, 0.15) is 42.6 Å². The number of anilines is 1. The van der Waals surface area contributed by atoms with Crippen LogP contribution in [0, 0.1) is 0 Å². The molecule has 1 saturated carbocycles. The lowest BCUT2D eigenvalue weighted by Gasteiger charge is -2.22. The first-order valence-corrected chi connectivity index (χ1v) is 9.52. The maximum absolute atomic E-state index is 12.3. The van der Waals surface area contributed by atoms with E-state index in [0.717, 1.165) is 30.0 Å². The van der Waals surface area contributed by atoms with Crippen molar-refractivity contribution in [3.63, 3.8) is 0 Å². The fourth-order valence-corrected chi connectivity index (χ4v) is 3.18. The Balaban J connectivity index is 1.39. The normalized spacial score (nSPS) is 14.4. The van der Waals surface area contributed by atoms with E-state index in [9.17, 15) is 4.79 Å². The predicted molar refractivity (Wildman–Crippen MR) is 106 cm³/mol. The Labute approximate surface area is 160 Å². The van der Waals surface area contributed by atoms with Crippen LogP contribution in [0.5, 0.6) is 11.5 Å². The van der Waals surface area contributed by atoms with Crippen LogP contribution in [0.2, 0.25) is 0 Å². The first-order valence-electron chi connectivity index (χ1n) is 9.52. The second kappa shape index (κ2) is 9.80. The molecule has 1 heterocycles. The van der Waals surface area contributed by atoms with Gasteiger partial charge in [-0.1, -0.05) is 19.3 Å². The monoisotopic (exact) mass is 369 g/mol. The van der Waals surface area contributed by atoms with Crippen LogP contribution < -0.4 is 20.1 Å². The molecule has 1 amide bonds. The topological polar surface area (TPSA) is 72.5 Å². The molecule has 2 N–H and O–H groups in total. The average molecular weight is 369 g/mol. The zero-order valence-electron chi connectivity index (χ0n) is 15.7. The van der Waals surface area contributed by atoms with Crippen molar-refractivity contribution >= 4 is 11.6 Å². The van der Waals surface area contributed by atoms with Crippen LogP contribution in [0.4, 0.5) is 5.69 Å². The van der Waals surface area contributed by atoms with Gasteiger partial charge in [-0.25, -0.2) is 4.98 Å². The highest BCUT2D eigenvalue weighted by molar-refractivity contribution is 5.92. The first-order chi connectivity index (χ1) is 13.2. The number of hydrogen-bond acceptors (Lipinski definition) is 5. The number of carbonyl (C=O) groups excluding carboxylic acids is 1. The Morgan fingerprint density at radius 2 is 1.81 bits per heavy atom. The second-order valence-corrected chi connectivity index (χ2v) is 6.69. The van der Waals surface area contributed by atoms with E-state index in [-0.39, 0.29) is 5.91 Å². The molecule has 0 bridgehead atoms. The van der Waals surface area contributed by atoms with Gasteiger partial charge in [0.05, 0.1) is 19.0 Å². The summed E-state index contributed by atoms with van der Waals surface area (Å²) in [6, 6.07) is 11.4. The van der Waals surface area contributed by atoms with Gasteiger partial charge < -0.3 is 20.1 Å². The molecule has 2 aromatic rings. The summed E-state index contributed by atoms with van der Waals surface area (Å²) in [5.41, 5.74) is 1.32. The third-order valence-corrected chi connectivity index (χ3v) is 4.70. The molecule has 27 heavy (non-hydrogen) atoms. The lowest BCUT2D eigenvalue weighted by Crippen LogP contribution is -2.36. The highest BCUT2D eigenvalue weighted by atomic mass is 16.5. The summed E-state index contributed by atoms with van der Waals surface area (Å²) in [6.45, 7) is 1.16. The zero-order valence-corrected chi connectivity index (χ0v) is 15.7. The van der Waals surface area contributed by atoms with Gasteiger partial charge in [-0.15, -0.1) is 0 Å². The van der Waals surface area contributed by atoms with Crippen LogP contribution in [0.3, 0.4) is 0 Å². The molecule has 144 valence electrons. The molecule has 0 radical (unpaired) electrons. The molecule has 0 spiro atoms. The van der Waals surface area contributed by atoms with Crippen molar-refractivity contribution < 1.29 is 14.3 Å². The number of rotatable bonds is 8. The lowest BCUT2D eigenvalue weighted by molar-refractivity contribution is 0.0922. The highest BCUT2D eigenvalue weighted by Gasteiger charge is 2.17. The van der Waals surface area contributed by atoms with Crippen molar-refractivity contribution in [2.24, 2.45) is 0 Å². The number of aromatic nitrogens is 1.